The summed E-state index contributed by atoms with van der Waals surface area (Å²) >= 11 is 0. The fraction of sp³-hybridized carbons (Fsp3) is 0.375. The average Bonchev–Trinajstić information content (AvgIpc) is 3.10. The van der Waals surface area contributed by atoms with Crippen LogP contribution in [-0.2, 0) is 20.9 Å². The number of nitrogens with one attached hydrogen (secondary N) is 2. The molecule has 2 N–H and O–H groups in total. The summed E-state index contributed by atoms with van der Waals surface area (Å²) < 4.78 is 40.7. The highest BCUT2D eigenvalue weighted by molar-refractivity contribution is 5.97. The van der Waals surface area contributed by atoms with Crippen LogP contribution in [0.2, 0.25) is 0 Å². The van der Waals surface area contributed by atoms with Gasteiger partial charge in [0.1, 0.15) is 11.9 Å². The molecule has 9 heteroatoms. The largest absolute Gasteiger partial charge is 0.344 e. The summed E-state index contributed by atoms with van der Waals surface area (Å²) in [5, 5.41) is 5.34. The van der Waals surface area contributed by atoms with Crippen LogP contribution in [0.15, 0.2) is 42.5 Å². The molecule has 0 aromatic heterocycles. The second-order valence-electron chi connectivity index (χ2n) is 8.42. The molecule has 0 radical (unpaired) electrons. The maximum Gasteiger partial charge on any atom is 0.247 e. The summed E-state index contributed by atoms with van der Waals surface area (Å²) in [6, 6.07) is 7.68. The molecule has 6 nitrogen and oxygen atoms in total. The molecule has 0 saturated carbocycles. The number of likely N-dealkylation sites (tertiary alicyclic amines) is 1. The molecular weight excluding hydrogens is 435 g/mol. The van der Waals surface area contributed by atoms with E-state index in [9.17, 15) is 27.6 Å². The average molecular weight is 461 g/mol. The van der Waals surface area contributed by atoms with Gasteiger partial charge in [0.05, 0.1) is 0 Å². The molecule has 0 bridgehead atoms. The van der Waals surface area contributed by atoms with Crippen molar-refractivity contribution in [2.45, 2.75) is 51.7 Å². The highest BCUT2D eigenvalue weighted by atomic mass is 19.2. The van der Waals surface area contributed by atoms with Crippen molar-refractivity contribution < 1.29 is 27.6 Å². The number of anilines is 1. The monoisotopic (exact) mass is 461 g/mol. The van der Waals surface area contributed by atoms with E-state index in [1.54, 1.807) is 13.8 Å². The predicted molar refractivity (Wildman–Crippen MR) is 116 cm³/mol. The van der Waals surface area contributed by atoms with Gasteiger partial charge in [0.2, 0.25) is 17.7 Å². The van der Waals surface area contributed by atoms with Crippen molar-refractivity contribution in [1.82, 2.24) is 10.2 Å². The van der Waals surface area contributed by atoms with Crippen LogP contribution in [0.5, 0.6) is 0 Å². The molecule has 2 atom stereocenters. The Morgan fingerprint density at radius 2 is 1.79 bits per heavy atom. The van der Waals surface area contributed by atoms with E-state index in [0.29, 0.717) is 12.1 Å². The van der Waals surface area contributed by atoms with Crippen LogP contribution in [0, 0.1) is 23.4 Å². The summed E-state index contributed by atoms with van der Waals surface area (Å²) in [6.45, 7) is 3.40. The minimum absolute atomic E-state index is 0.0365. The van der Waals surface area contributed by atoms with Gasteiger partial charge in [-0.1, -0.05) is 26.0 Å². The number of benzene rings is 2. The summed E-state index contributed by atoms with van der Waals surface area (Å²) in [5.74, 6) is -3.82. The molecule has 1 unspecified atom stereocenters. The zero-order chi connectivity index (χ0) is 24.1. The van der Waals surface area contributed by atoms with Crippen LogP contribution >= 0.6 is 0 Å². The number of nitrogens with zero attached hydrogens (tertiary/aromatic N) is 1. The summed E-state index contributed by atoms with van der Waals surface area (Å²) in [4.78, 5) is 39.1. The van der Waals surface area contributed by atoms with Gasteiger partial charge in [-0.2, -0.15) is 0 Å². The van der Waals surface area contributed by atoms with E-state index in [0.717, 1.165) is 6.07 Å². The number of amides is 3. The lowest BCUT2D eigenvalue weighted by Gasteiger charge is -2.27. The predicted octanol–water partition coefficient (Wildman–Crippen LogP) is 3.76. The second-order valence-corrected chi connectivity index (χ2v) is 8.42. The van der Waals surface area contributed by atoms with Gasteiger partial charge in [-0.3, -0.25) is 14.4 Å². The van der Waals surface area contributed by atoms with Crippen molar-refractivity contribution in [2.75, 3.05) is 5.32 Å². The molecule has 2 aromatic rings. The van der Waals surface area contributed by atoms with Gasteiger partial charge in [0.15, 0.2) is 11.6 Å². The van der Waals surface area contributed by atoms with E-state index >= 15 is 0 Å². The lowest BCUT2D eigenvalue weighted by atomic mass is 10.0. The van der Waals surface area contributed by atoms with Gasteiger partial charge in [0, 0.05) is 36.7 Å². The van der Waals surface area contributed by atoms with Crippen LogP contribution in [-0.4, -0.2) is 34.7 Å². The fourth-order valence-electron chi connectivity index (χ4n) is 3.81. The number of hydrogen-bond donors (Lipinski definition) is 2. The van der Waals surface area contributed by atoms with Crippen LogP contribution in [0.3, 0.4) is 0 Å². The summed E-state index contributed by atoms with van der Waals surface area (Å²) in [6.07, 6.45) is 0.528. The molecule has 3 amide bonds. The molecule has 0 aliphatic carbocycles. The summed E-state index contributed by atoms with van der Waals surface area (Å²) in [5.41, 5.74) is 0.431. The topological polar surface area (TPSA) is 78.5 Å². The molecular formula is C24H26F3N3O3. The van der Waals surface area contributed by atoms with Crippen molar-refractivity contribution in [2.24, 2.45) is 5.92 Å². The van der Waals surface area contributed by atoms with Crippen molar-refractivity contribution in [1.29, 1.82) is 0 Å². The first-order valence-electron chi connectivity index (χ1n) is 10.7. The minimum Gasteiger partial charge on any atom is -0.344 e. The quantitative estimate of drug-likeness (QED) is 0.628. The van der Waals surface area contributed by atoms with Gasteiger partial charge in [-0.25, -0.2) is 13.2 Å². The molecule has 1 heterocycles. The molecule has 1 fully saturated rings. The zero-order valence-corrected chi connectivity index (χ0v) is 18.4. The van der Waals surface area contributed by atoms with Crippen molar-refractivity contribution in [3.8, 4) is 0 Å². The van der Waals surface area contributed by atoms with E-state index in [4.69, 9.17) is 0 Å². The Labute approximate surface area is 190 Å². The molecule has 1 aliphatic heterocycles. The molecule has 0 spiro atoms. The molecule has 1 aliphatic rings. The maximum atomic E-state index is 14.1. The van der Waals surface area contributed by atoms with Crippen molar-refractivity contribution >= 4 is 23.4 Å². The Hall–Kier alpha value is -3.36. The van der Waals surface area contributed by atoms with E-state index in [-0.39, 0.29) is 36.8 Å². The van der Waals surface area contributed by atoms with E-state index in [1.807, 2.05) is 0 Å². The lowest BCUT2D eigenvalue weighted by molar-refractivity contribution is -0.131. The molecule has 3 rings (SSSR count). The SMILES string of the molecule is CC(C)C(NC(=O)C[C@@H]1CCC(=O)N1Cc1cccc(F)c1F)C(=O)Nc1ccc(F)cc1. The first kappa shape index (κ1) is 24.3. The fourth-order valence-corrected chi connectivity index (χ4v) is 3.81. The maximum absolute atomic E-state index is 14.1. The highest BCUT2D eigenvalue weighted by Crippen LogP contribution is 2.25. The Morgan fingerprint density at radius 3 is 2.45 bits per heavy atom. The molecule has 1 saturated heterocycles. The number of halogens is 3. The normalized spacial score (nSPS) is 16.7. The number of carbonyl (C=O) groups excluding carboxylic acids is 3. The van der Waals surface area contributed by atoms with E-state index in [1.165, 1.54) is 41.3 Å². The summed E-state index contributed by atoms with van der Waals surface area (Å²) in [7, 11) is 0. The third-order valence-electron chi connectivity index (χ3n) is 5.62. The molecule has 176 valence electrons. The van der Waals surface area contributed by atoms with Crippen LogP contribution in [0.4, 0.5) is 18.9 Å². The van der Waals surface area contributed by atoms with Crippen LogP contribution < -0.4 is 10.6 Å². The van der Waals surface area contributed by atoms with Gasteiger partial charge in [-0.05, 0) is 42.7 Å². The molecule has 2 aromatic carbocycles. The third-order valence-corrected chi connectivity index (χ3v) is 5.62. The Balaban J connectivity index is 1.64. The smallest absolute Gasteiger partial charge is 0.247 e. The van der Waals surface area contributed by atoms with Gasteiger partial charge >= 0.3 is 0 Å². The standard InChI is InChI=1S/C24H26F3N3O3/c1-14(2)23(24(33)28-17-8-6-16(25)7-9-17)29-20(31)12-18-10-11-21(32)30(18)13-15-4-3-5-19(26)22(15)27/h3-9,14,18,23H,10-13H2,1-2H3,(H,28,33)(H,29,31)/t18-,23?/m0/s1. The number of hydrogen-bond acceptors (Lipinski definition) is 3. The van der Waals surface area contributed by atoms with Gasteiger partial charge in [0.25, 0.3) is 0 Å². The van der Waals surface area contributed by atoms with E-state index < -0.39 is 41.3 Å². The minimum atomic E-state index is -1.02. The Bertz CT molecular complexity index is 1030. The molecule has 33 heavy (non-hydrogen) atoms. The lowest BCUT2D eigenvalue weighted by Crippen LogP contribution is -2.48. The van der Waals surface area contributed by atoms with Crippen molar-refractivity contribution in [3.05, 3.63) is 65.5 Å². The van der Waals surface area contributed by atoms with Gasteiger partial charge < -0.3 is 15.5 Å². The number of rotatable bonds is 8. The zero-order valence-electron chi connectivity index (χ0n) is 18.4. The third kappa shape index (κ3) is 6.12. The first-order valence-corrected chi connectivity index (χ1v) is 10.7. The van der Waals surface area contributed by atoms with Crippen molar-refractivity contribution in [3.63, 3.8) is 0 Å². The van der Waals surface area contributed by atoms with Gasteiger partial charge in [-0.15, -0.1) is 0 Å². The van der Waals surface area contributed by atoms with Crippen LogP contribution in [0.1, 0.15) is 38.7 Å². The highest BCUT2D eigenvalue weighted by Gasteiger charge is 2.34. The van der Waals surface area contributed by atoms with Crippen LogP contribution in [0.25, 0.3) is 0 Å². The van der Waals surface area contributed by atoms with E-state index in [2.05, 4.69) is 10.6 Å². The Morgan fingerprint density at radius 1 is 1.09 bits per heavy atom. The first-order chi connectivity index (χ1) is 15.7. The second kappa shape index (κ2) is 10.5. The Kier molecular flexibility index (Phi) is 7.73. The number of carbonyl (C=O) groups is 3.